The van der Waals surface area contributed by atoms with Crippen molar-refractivity contribution in [1.82, 2.24) is 4.90 Å². The fraction of sp³-hybridized carbons (Fsp3) is 0.909. The SMILES string of the molecule is NCC(=O)N1C[C@@H]2CCCC[C@@]2(CO)C1. The minimum absolute atomic E-state index is 0.0108. The zero-order valence-electron chi connectivity index (χ0n) is 9.11. The first kappa shape index (κ1) is 10.9. The number of fused-ring (bicyclic) bond motifs is 1. The van der Waals surface area contributed by atoms with Crippen LogP contribution >= 0.6 is 0 Å². The molecular weight excluding hydrogens is 192 g/mol. The molecule has 0 aromatic carbocycles. The Labute approximate surface area is 90.4 Å². The molecule has 1 amide bonds. The van der Waals surface area contributed by atoms with Crippen molar-refractivity contribution < 1.29 is 9.90 Å². The standard InChI is InChI=1S/C11H20N2O2/c12-5-10(15)13-6-9-3-1-2-4-11(9,7-13)8-14/h9,14H,1-8,12H2/t9-,11-/m0/s1. The second-order valence-corrected chi connectivity index (χ2v) is 4.94. The van der Waals surface area contributed by atoms with Crippen LogP contribution in [0.2, 0.25) is 0 Å². The van der Waals surface area contributed by atoms with Crippen LogP contribution in [0.25, 0.3) is 0 Å². The van der Waals surface area contributed by atoms with Crippen LogP contribution in [0.15, 0.2) is 0 Å². The van der Waals surface area contributed by atoms with Crippen molar-refractivity contribution in [1.29, 1.82) is 0 Å². The molecule has 86 valence electrons. The molecular formula is C11H20N2O2. The lowest BCUT2D eigenvalue weighted by Crippen LogP contribution is -2.38. The Hall–Kier alpha value is -0.610. The number of aliphatic hydroxyl groups excluding tert-OH is 1. The first-order valence-electron chi connectivity index (χ1n) is 5.80. The predicted molar refractivity (Wildman–Crippen MR) is 57.1 cm³/mol. The van der Waals surface area contributed by atoms with E-state index in [4.69, 9.17) is 5.73 Å². The molecule has 4 nitrogen and oxygen atoms in total. The van der Waals surface area contributed by atoms with Crippen LogP contribution in [0.1, 0.15) is 25.7 Å². The van der Waals surface area contributed by atoms with Crippen LogP contribution in [0, 0.1) is 11.3 Å². The van der Waals surface area contributed by atoms with Gasteiger partial charge in [0.05, 0.1) is 13.2 Å². The summed E-state index contributed by atoms with van der Waals surface area (Å²) in [5.41, 5.74) is 5.36. The molecule has 2 rings (SSSR count). The molecule has 4 heteroatoms. The Bertz CT molecular complexity index is 257. The first-order chi connectivity index (χ1) is 7.22. The predicted octanol–water partition coefficient (Wildman–Crippen LogP) is -0.0438. The maximum Gasteiger partial charge on any atom is 0.236 e. The van der Waals surface area contributed by atoms with E-state index in [1.54, 1.807) is 0 Å². The number of aliphatic hydroxyl groups is 1. The zero-order chi connectivity index (χ0) is 10.9. The van der Waals surface area contributed by atoms with Gasteiger partial charge in [0.15, 0.2) is 0 Å². The van der Waals surface area contributed by atoms with Gasteiger partial charge < -0.3 is 15.7 Å². The lowest BCUT2D eigenvalue weighted by molar-refractivity contribution is -0.129. The maximum atomic E-state index is 11.5. The smallest absolute Gasteiger partial charge is 0.236 e. The minimum Gasteiger partial charge on any atom is -0.396 e. The van der Waals surface area contributed by atoms with Gasteiger partial charge in [-0.3, -0.25) is 4.79 Å². The van der Waals surface area contributed by atoms with E-state index in [-0.39, 0.29) is 24.5 Å². The summed E-state index contributed by atoms with van der Waals surface area (Å²) in [6, 6.07) is 0. The Morgan fingerprint density at radius 3 is 2.93 bits per heavy atom. The molecule has 1 aliphatic heterocycles. The topological polar surface area (TPSA) is 66.6 Å². The fourth-order valence-electron chi connectivity index (χ4n) is 3.16. The Kier molecular flexibility index (Phi) is 2.98. The average Bonchev–Trinajstić information content (AvgIpc) is 2.67. The number of carbonyl (C=O) groups excluding carboxylic acids is 1. The van der Waals surface area contributed by atoms with Crippen molar-refractivity contribution in [3.8, 4) is 0 Å². The molecule has 2 aliphatic rings. The molecule has 0 radical (unpaired) electrons. The number of nitrogens with zero attached hydrogens (tertiary/aromatic N) is 1. The number of hydrogen-bond donors (Lipinski definition) is 2. The fourth-order valence-corrected chi connectivity index (χ4v) is 3.16. The molecule has 1 saturated heterocycles. The maximum absolute atomic E-state index is 11.5. The van der Waals surface area contributed by atoms with E-state index in [2.05, 4.69) is 0 Å². The van der Waals surface area contributed by atoms with Crippen molar-refractivity contribution in [2.24, 2.45) is 17.1 Å². The van der Waals surface area contributed by atoms with Crippen molar-refractivity contribution in [2.45, 2.75) is 25.7 Å². The normalized spacial score (nSPS) is 35.3. The zero-order valence-corrected chi connectivity index (χ0v) is 9.11. The van der Waals surface area contributed by atoms with E-state index in [9.17, 15) is 9.90 Å². The molecule has 15 heavy (non-hydrogen) atoms. The van der Waals surface area contributed by atoms with Crippen molar-refractivity contribution in [2.75, 3.05) is 26.2 Å². The van der Waals surface area contributed by atoms with Gasteiger partial charge in [-0.25, -0.2) is 0 Å². The second-order valence-electron chi connectivity index (χ2n) is 4.94. The molecule has 0 spiro atoms. The number of nitrogens with two attached hydrogens (primary N) is 1. The summed E-state index contributed by atoms with van der Waals surface area (Å²) in [4.78, 5) is 13.4. The van der Waals surface area contributed by atoms with Crippen LogP contribution in [0.4, 0.5) is 0 Å². The summed E-state index contributed by atoms with van der Waals surface area (Å²) in [6.45, 7) is 1.82. The van der Waals surface area contributed by atoms with E-state index in [1.807, 2.05) is 4.90 Å². The second kappa shape index (κ2) is 4.10. The lowest BCUT2D eigenvalue weighted by Gasteiger charge is -2.36. The van der Waals surface area contributed by atoms with Gasteiger partial charge in [-0.1, -0.05) is 12.8 Å². The summed E-state index contributed by atoms with van der Waals surface area (Å²) >= 11 is 0. The van der Waals surface area contributed by atoms with Gasteiger partial charge >= 0.3 is 0 Å². The summed E-state index contributed by atoms with van der Waals surface area (Å²) in [5, 5.41) is 9.55. The largest absolute Gasteiger partial charge is 0.396 e. The molecule has 0 aromatic rings. The van der Waals surface area contributed by atoms with E-state index < -0.39 is 0 Å². The first-order valence-corrected chi connectivity index (χ1v) is 5.80. The quantitative estimate of drug-likeness (QED) is 0.675. The summed E-state index contributed by atoms with van der Waals surface area (Å²) < 4.78 is 0. The third-order valence-electron chi connectivity index (χ3n) is 4.13. The van der Waals surface area contributed by atoms with Crippen LogP contribution in [0.5, 0.6) is 0 Å². The molecule has 2 fully saturated rings. The Balaban J connectivity index is 2.10. The number of hydrogen-bond acceptors (Lipinski definition) is 3. The van der Waals surface area contributed by atoms with Crippen molar-refractivity contribution in [3.63, 3.8) is 0 Å². The van der Waals surface area contributed by atoms with Gasteiger partial charge in [0.25, 0.3) is 0 Å². The number of likely N-dealkylation sites (tertiary alicyclic amines) is 1. The lowest BCUT2D eigenvalue weighted by atomic mass is 9.69. The third-order valence-corrected chi connectivity index (χ3v) is 4.13. The highest BCUT2D eigenvalue weighted by Gasteiger charge is 2.48. The highest BCUT2D eigenvalue weighted by Crippen LogP contribution is 2.46. The van der Waals surface area contributed by atoms with Gasteiger partial charge in [-0.05, 0) is 18.8 Å². The van der Waals surface area contributed by atoms with Crippen molar-refractivity contribution in [3.05, 3.63) is 0 Å². The van der Waals surface area contributed by atoms with Gasteiger partial charge in [0.2, 0.25) is 5.91 Å². The third kappa shape index (κ3) is 1.76. The van der Waals surface area contributed by atoms with E-state index in [1.165, 1.54) is 12.8 Å². The summed E-state index contributed by atoms with van der Waals surface area (Å²) in [6.07, 6.45) is 4.62. The van der Waals surface area contributed by atoms with Crippen LogP contribution in [-0.4, -0.2) is 42.2 Å². The van der Waals surface area contributed by atoms with Crippen LogP contribution in [-0.2, 0) is 4.79 Å². The molecule has 1 aliphatic carbocycles. The van der Waals surface area contributed by atoms with Crippen LogP contribution in [0.3, 0.4) is 0 Å². The highest BCUT2D eigenvalue weighted by molar-refractivity contribution is 5.78. The van der Waals surface area contributed by atoms with E-state index >= 15 is 0 Å². The molecule has 2 atom stereocenters. The number of rotatable bonds is 2. The monoisotopic (exact) mass is 212 g/mol. The highest BCUT2D eigenvalue weighted by atomic mass is 16.3. The Morgan fingerprint density at radius 2 is 2.33 bits per heavy atom. The van der Waals surface area contributed by atoms with E-state index in [0.29, 0.717) is 12.5 Å². The molecule has 0 bridgehead atoms. The van der Waals surface area contributed by atoms with Gasteiger partial charge in [-0.15, -0.1) is 0 Å². The summed E-state index contributed by atoms with van der Waals surface area (Å²) in [5.74, 6) is 0.518. The van der Waals surface area contributed by atoms with Gasteiger partial charge in [-0.2, -0.15) is 0 Å². The van der Waals surface area contributed by atoms with Gasteiger partial charge in [0.1, 0.15) is 0 Å². The molecule has 0 unspecified atom stereocenters. The summed E-state index contributed by atoms with van der Waals surface area (Å²) in [7, 11) is 0. The minimum atomic E-state index is -0.0108. The molecule has 1 saturated carbocycles. The van der Waals surface area contributed by atoms with Crippen molar-refractivity contribution >= 4 is 5.91 Å². The number of carbonyl (C=O) groups is 1. The molecule has 0 aromatic heterocycles. The molecule has 1 heterocycles. The average molecular weight is 212 g/mol. The molecule has 3 N–H and O–H groups in total. The van der Waals surface area contributed by atoms with Crippen LogP contribution < -0.4 is 5.73 Å². The van der Waals surface area contributed by atoms with E-state index in [0.717, 1.165) is 19.4 Å². The number of amides is 1. The van der Waals surface area contributed by atoms with Gasteiger partial charge in [0, 0.05) is 18.5 Å². The Morgan fingerprint density at radius 1 is 1.53 bits per heavy atom.